The van der Waals surface area contributed by atoms with E-state index in [0.29, 0.717) is 27.7 Å². The molecular formula is C12H10ClNO4. The highest BCUT2D eigenvalue weighted by Crippen LogP contribution is 2.32. The smallest absolute Gasteiger partial charge is 0.358 e. The maximum atomic E-state index is 10.9. The second kappa shape index (κ2) is 4.70. The Morgan fingerprint density at radius 2 is 2.22 bits per heavy atom. The molecule has 0 saturated heterocycles. The summed E-state index contributed by atoms with van der Waals surface area (Å²) >= 11 is 6.00. The Morgan fingerprint density at radius 1 is 1.50 bits per heavy atom. The molecule has 18 heavy (non-hydrogen) atoms. The average molecular weight is 268 g/mol. The quantitative estimate of drug-likeness (QED) is 0.925. The maximum Gasteiger partial charge on any atom is 0.358 e. The van der Waals surface area contributed by atoms with Gasteiger partial charge < -0.3 is 14.4 Å². The number of aromatic carboxylic acids is 1. The van der Waals surface area contributed by atoms with E-state index in [2.05, 4.69) is 5.16 Å². The SMILES string of the molecule is COc1ccc(-c2onc(C(=O)O)c2C)cc1Cl. The third-order valence-electron chi connectivity index (χ3n) is 2.54. The zero-order chi connectivity index (χ0) is 13.3. The van der Waals surface area contributed by atoms with Gasteiger partial charge >= 0.3 is 5.97 Å². The largest absolute Gasteiger partial charge is 0.495 e. The van der Waals surface area contributed by atoms with Gasteiger partial charge in [0.1, 0.15) is 5.75 Å². The van der Waals surface area contributed by atoms with Crippen LogP contribution >= 0.6 is 11.6 Å². The Kier molecular flexibility index (Phi) is 3.25. The zero-order valence-corrected chi connectivity index (χ0v) is 10.5. The van der Waals surface area contributed by atoms with Crippen LogP contribution in [0.3, 0.4) is 0 Å². The Bertz CT molecular complexity index is 606. The van der Waals surface area contributed by atoms with Gasteiger partial charge in [0.2, 0.25) is 0 Å². The molecule has 5 nitrogen and oxygen atoms in total. The van der Waals surface area contributed by atoms with E-state index in [-0.39, 0.29) is 5.69 Å². The summed E-state index contributed by atoms with van der Waals surface area (Å²) in [6.45, 7) is 1.63. The van der Waals surface area contributed by atoms with Crippen molar-refractivity contribution in [2.75, 3.05) is 7.11 Å². The number of hydrogen-bond acceptors (Lipinski definition) is 4. The molecule has 2 aromatic rings. The molecule has 1 N–H and O–H groups in total. The number of hydrogen-bond donors (Lipinski definition) is 1. The summed E-state index contributed by atoms with van der Waals surface area (Å²) in [5, 5.41) is 12.8. The van der Waals surface area contributed by atoms with Crippen molar-refractivity contribution in [3.05, 3.63) is 34.5 Å². The summed E-state index contributed by atoms with van der Waals surface area (Å²) in [5.41, 5.74) is 1.01. The predicted molar refractivity (Wildman–Crippen MR) is 65.2 cm³/mol. The lowest BCUT2D eigenvalue weighted by Gasteiger charge is -2.04. The van der Waals surface area contributed by atoms with Gasteiger partial charge in [-0.1, -0.05) is 16.8 Å². The fourth-order valence-electron chi connectivity index (χ4n) is 1.61. The van der Waals surface area contributed by atoms with Gasteiger partial charge in [-0.05, 0) is 25.1 Å². The van der Waals surface area contributed by atoms with Crippen LogP contribution < -0.4 is 4.74 Å². The molecule has 94 valence electrons. The van der Waals surface area contributed by atoms with Crippen LogP contribution in [0.4, 0.5) is 0 Å². The van der Waals surface area contributed by atoms with Crippen molar-refractivity contribution in [3.8, 4) is 17.1 Å². The summed E-state index contributed by atoms with van der Waals surface area (Å²) in [5.74, 6) is -0.199. The van der Waals surface area contributed by atoms with Crippen LogP contribution in [-0.4, -0.2) is 23.3 Å². The summed E-state index contributed by atoms with van der Waals surface area (Å²) < 4.78 is 10.1. The van der Waals surface area contributed by atoms with Crippen LogP contribution in [0.25, 0.3) is 11.3 Å². The molecule has 0 fully saturated rings. The van der Waals surface area contributed by atoms with Gasteiger partial charge in [-0.15, -0.1) is 0 Å². The van der Waals surface area contributed by atoms with Gasteiger partial charge in [0, 0.05) is 11.1 Å². The number of carbonyl (C=O) groups is 1. The standard InChI is InChI=1S/C12H10ClNO4/c1-6-10(12(15)16)14-18-11(6)7-3-4-9(17-2)8(13)5-7/h3-5H,1-2H3,(H,15,16). The van der Waals surface area contributed by atoms with Gasteiger partial charge in [0.15, 0.2) is 11.5 Å². The van der Waals surface area contributed by atoms with Crippen molar-refractivity contribution >= 4 is 17.6 Å². The van der Waals surface area contributed by atoms with Crippen LogP contribution in [0.15, 0.2) is 22.7 Å². The van der Waals surface area contributed by atoms with Crippen LogP contribution in [-0.2, 0) is 0 Å². The summed E-state index contributed by atoms with van der Waals surface area (Å²) in [6.07, 6.45) is 0. The van der Waals surface area contributed by atoms with Crippen molar-refractivity contribution in [3.63, 3.8) is 0 Å². The minimum atomic E-state index is -1.12. The molecule has 1 aromatic heterocycles. The first kappa shape index (κ1) is 12.4. The van der Waals surface area contributed by atoms with E-state index in [0.717, 1.165) is 0 Å². The fourth-order valence-corrected chi connectivity index (χ4v) is 1.87. The molecule has 1 aromatic carbocycles. The van der Waals surface area contributed by atoms with E-state index < -0.39 is 5.97 Å². The summed E-state index contributed by atoms with van der Waals surface area (Å²) in [4.78, 5) is 10.9. The summed E-state index contributed by atoms with van der Waals surface area (Å²) in [6, 6.07) is 5.05. The van der Waals surface area contributed by atoms with E-state index in [1.165, 1.54) is 7.11 Å². The van der Waals surface area contributed by atoms with E-state index >= 15 is 0 Å². The van der Waals surface area contributed by atoms with E-state index in [1.54, 1.807) is 25.1 Å². The van der Waals surface area contributed by atoms with Gasteiger partial charge in [-0.2, -0.15) is 0 Å². The van der Waals surface area contributed by atoms with E-state index in [4.69, 9.17) is 26.0 Å². The average Bonchev–Trinajstić information content (AvgIpc) is 2.71. The number of nitrogens with zero attached hydrogens (tertiary/aromatic N) is 1. The third kappa shape index (κ3) is 2.04. The maximum absolute atomic E-state index is 10.9. The molecule has 0 aliphatic heterocycles. The molecule has 0 radical (unpaired) electrons. The molecule has 6 heteroatoms. The first-order chi connectivity index (χ1) is 8.54. The van der Waals surface area contributed by atoms with Crippen LogP contribution in [0.5, 0.6) is 5.75 Å². The molecule has 0 aliphatic rings. The van der Waals surface area contributed by atoms with Crippen molar-refractivity contribution in [2.45, 2.75) is 6.92 Å². The first-order valence-electron chi connectivity index (χ1n) is 5.08. The lowest BCUT2D eigenvalue weighted by molar-refractivity contribution is 0.0685. The Morgan fingerprint density at radius 3 is 2.72 bits per heavy atom. The highest BCUT2D eigenvalue weighted by atomic mass is 35.5. The number of halogens is 1. The van der Waals surface area contributed by atoms with E-state index in [9.17, 15) is 4.79 Å². The number of aromatic nitrogens is 1. The topological polar surface area (TPSA) is 72.6 Å². The molecule has 0 unspecified atom stereocenters. The second-order valence-corrected chi connectivity index (χ2v) is 4.05. The lowest BCUT2D eigenvalue weighted by atomic mass is 10.1. The lowest BCUT2D eigenvalue weighted by Crippen LogP contribution is -1.98. The number of ether oxygens (including phenoxy) is 1. The molecule has 0 bridgehead atoms. The summed E-state index contributed by atoms with van der Waals surface area (Å²) in [7, 11) is 1.52. The molecule has 2 rings (SSSR count). The highest BCUT2D eigenvalue weighted by molar-refractivity contribution is 6.32. The van der Waals surface area contributed by atoms with Gasteiger partial charge in [-0.25, -0.2) is 4.79 Å². The van der Waals surface area contributed by atoms with Crippen molar-refractivity contribution in [2.24, 2.45) is 0 Å². The minimum absolute atomic E-state index is 0.100. The minimum Gasteiger partial charge on any atom is -0.495 e. The van der Waals surface area contributed by atoms with Crippen LogP contribution in [0.1, 0.15) is 16.1 Å². The zero-order valence-electron chi connectivity index (χ0n) is 9.73. The first-order valence-corrected chi connectivity index (χ1v) is 5.46. The van der Waals surface area contributed by atoms with Crippen molar-refractivity contribution in [1.29, 1.82) is 0 Å². The number of rotatable bonds is 3. The molecule has 0 saturated carbocycles. The van der Waals surface area contributed by atoms with E-state index in [1.807, 2.05) is 0 Å². The molecule has 0 spiro atoms. The predicted octanol–water partition coefficient (Wildman–Crippen LogP) is 3.01. The number of carboxylic acids is 1. The van der Waals surface area contributed by atoms with Crippen molar-refractivity contribution < 1.29 is 19.2 Å². The molecule has 0 aliphatic carbocycles. The Labute approximate surface area is 108 Å². The fraction of sp³-hybridized carbons (Fsp3) is 0.167. The molecule has 0 amide bonds. The van der Waals surface area contributed by atoms with Gasteiger partial charge in [0.05, 0.1) is 12.1 Å². The number of carboxylic acid groups (broad SMARTS) is 1. The normalized spacial score (nSPS) is 10.4. The highest BCUT2D eigenvalue weighted by Gasteiger charge is 2.19. The third-order valence-corrected chi connectivity index (χ3v) is 2.84. The van der Waals surface area contributed by atoms with Crippen LogP contribution in [0.2, 0.25) is 5.02 Å². The molecule has 1 heterocycles. The number of methoxy groups -OCH3 is 1. The number of benzene rings is 1. The van der Waals surface area contributed by atoms with Crippen LogP contribution in [0, 0.1) is 6.92 Å². The van der Waals surface area contributed by atoms with Gasteiger partial charge in [0.25, 0.3) is 0 Å². The second-order valence-electron chi connectivity index (χ2n) is 3.64. The Balaban J connectivity index is 2.49. The molecule has 0 atom stereocenters. The monoisotopic (exact) mass is 267 g/mol. The molecular weight excluding hydrogens is 258 g/mol. The van der Waals surface area contributed by atoms with Crippen molar-refractivity contribution in [1.82, 2.24) is 5.16 Å². The van der Waals surface area contributed by atoms with Gasteiger partial charge in [-0.3, -0.25) is 0 Å². The Hall–Kier alpha value is -2.01.